The van der Waals surface area contributed by atoms with Gasteiger partial charge < -0.3 is 5.32 Å². The zero-order valence-corrected chi connectivity index (χ0v) is 12.5. The highest BCUT2D eigenvalue weighted by Crippen LogP contribution is 2.35. The molecule has 3 aromatic rings. The number of hydrogen-bond acceptors (Lipinski definition) is 2. The molecule has 3 nitrogen and oxygen atoms in total. The molecule has 3 aromatic carbocycles. The molecular formula is C20H14N2O. The highest BCUT2D eigenvalue weighted by molar-refractivity contribution is 6.10. The summed E-state index contributed by atoms with van der Waals surface area (Å²) in [5, 5.41) is 14.3. The smallest absolute Gasteiger partial charge is 0.255 e. The SMILES string of the molecule is N#Cc1cccc(C(=O)Nc2ccc3c4c(cccc24)CC3)c1. The van der Waals surface area contributed by atoms with Crippen molar-refractivity contribution in [2.75, 3.05) is 5.32 Å². The molecule has 110 valence electrons. The molecule has 0 bridgehead atoms. The first-order valence-corrected chi connectivity index (χ1v) is 7.61. The van der Waals surface area contributed by atoms with Crippen LogP contribution in [0.1, 0.15) is 27.0 Å². The molecule has 0 saturated heterocycles. The number of aryl methyl sites for hydroxylation is 2. The summed E-state index contributed by atoms with van der Waals surface area (Å²) < 4.78 is 0. The van der Waals surface area contributed by atoms with E-state index in [1.165, 1.54) is 16.5 Å². The average molecular weight is 298 g/mol. The summed E-state index contributed by atoms with van der Waals surface area (Å²) in [6.45, 7) is 0. The van der Waals surface area contributed by atoms with Crippen LogP contribution in [0.2, 0.25) is 0 Å². The van der Waals surface area contributed by atoms with Gasteiger partial charge in [0.15, 0.2) is 0 Å². The maximum absolute atomic E-state index is 12.5. The van der Waals surface area contributed by atoms with Gasteiger partial charge in [0, 0.05) is 16.6 Å². The topological polar surface area (TPSA) is 52.9 Å². The van der Waals surface area contributed by atoms with Crippen LogP contribution in [0.25, 0.3) is 10.8 Å². The van der Waals surface area contributed by atoms with E-state index in [4.69, 9.17) is 5.26 Å². The van der Waals surface area contributed by atoms with E-state index in [0.29, 0.717) is 11.1 Å². The lowest BCUT2D eigenvalue weighted by molar-refractivity contribution is 0.102. The molecule has 23 heavy (non-hydrogen) atoms. The van der Waals surface area contributed by atoms with Crippen molar-refractivity contribution < 1.29 is 4.79 Å². The molecule has 0 radical (unpaired) electrons. The highest BCUT2D eigenvalue weighted by Gasteiger charge is 2.17. The maximum atomic E-state index is 12.5. The standard InChI is InChI=1S/C20H14N2O/c21-12-13-3-1-5-16(11-13)20(23)22-18-10-9-15-8-7-14-4-2-6-17(18)19(14)15/h1-6,9-11H,7-8H2,(H,22,23). The van der Waals surface area contributed by atoms with Gasteiger partial charge in [-0.05, 0) is 53.6 Å². The molecule has 0 aliphatic heterocycles. The highest BCUT2D eigenvalue weighted by atomic mass is 16.1. The number of nitrogens with zero attached hydrogens (tertiary/aromatic N) is 1. The molecule has 1 N–H and O–H groups in total. The summed E-state index contributed by atoms with van der Waals surface area (Å²) in [6, 6.07) is 19.1. The Hall–Kier alpha value is -3.12. The van der Waals surface area contributed by atoms with Crippen molar-refractivity contribution in [3.8, 4) is 6.07 Å². The number of anilines is 1. The van der Waals surface area contributed by atoms with Crippen LogP contribution in [0.5, 0.6) is 0 Å². The summed E-state index contributed by atoms with van der Waals surface area (Å²) >= 11 is 0. The number of amides is 1. The van der Waals surface area contributed by atoms with Crippen molar-refractivity contribution in [3.63, 3.8) is 0 Å². The van der Waals surface area contributed by atoms with E-state index in [1.807, 2.05) is 12.1 Å². The Morgan fingerprint density at radius 1 is 1.00 bits per heavy atom. The molecule has 1 amide bonds. The van der Waals surface area contributed by atoms with Crippen LogP contribution >= 0.6 is 0 Å². The Bertz CT molecular complexity index is 972. The molecule has 0 unspecified atom stereocenters. The van der Waals surface area contributed by atoms with Crippen LogP contribution in [0.15, 0.2) is 54.6 Å². The lowest BCUT2D eigenvalue weighted by Crippen LogP contribution is -2.12. The molecule has 4 rings (SSSR count). The number of nitrogens with one attached hydrogen (secondary N) is 1. The Kier molecular flexibility index (Phi) is 3.09. The van der Waals surface area contributed by atoms with Crippen LogP contribution in [-0.2, 0) is 12.8 Å². The van der Waals surface area contributed by atoms with Crippen molar-refractivity contribution in [1.29, 1.82) is 5.26 Å². The van der Waals surface area contributed by atoms with Gasteiger partial charge in [0.05, 0.1) is 11.6 Å². The normalized spacial score (nSPS) is 12.1. The lowest BCUT2D eigenvalue weighted by atomic mass is 10.0. The number of carbonyl (C=O) groups is 1. The molecule has 0 aromatic heterocycles. The number of nitriles is 1. The predicted octanol–water partition coefficient (Wildman–Crippen LogP) is 4.06. The molecule has 3 heteroatoms. The first-order valence-electron chi connectivity index (χ1n) is 7.61. The number of carbonyl (C=O) groups excluding carboxylic acids is 1. The van der Waals surface area contributed by atoms with E-state index < -0.39 is 0 Å². The van der Waals surface area contributed by atoms with Crippen LogP contribution < -0.4 is 5.32 Å². The van der Waals surface area contributed by atoms with E-state index in [-0.39, 0.29) is 5.91 Å². The van der Waals surface area contributed by atoms with Gasteiger partial charge in [-0.15, -0.1) is 0 Å². The van der Waals surface area contributed by atoms with Gasteiger partial charge in [-0.1, -0.05) is 30.3 Å². The molecule has 0 spiro atoms. The van der Waals surface area contributed by atoms with Crippen molar-refractivity contribution >= 4 is 22.4 Å². The number of rotatable bonds is 2. The third kappa shape index (κ3) is 2.25. The first kappa shape index (κ1) is 13.5. The number of benzene rings is 3. The fourth-order valence-electron chi connectivity index (χ4n) is 3.28. The fraction of sp³-hybridized carbons (Fsp3) is 0.100. The van der Waals surface area contributed by atoms with Gasteiger partial charge in [-0.3, -0.25) is 4.79 Å². The first-order chi connectivity index (χ1) is 11.3. The second-order valence-corrected chi connectivity index (χ2v) is 5.76. The summed E-state index contributed by atoms with van der Waals surface area (Å²) in [4.78, 5) is 12.5. The van der Waals surface area contributed by atoms with E-state index >= 15 is 0 Å². The zero-order chi connectivity index (χ0) is 15.8. The Morgan fingerprint density at radius 2 is 1.78 bits per heavy atom. The van der Waals surface area contributed by atoms with E-state index in [2.05, 4.69) is 29.6 Å². The minimum absolute atomic E-state index is 0.194. The minimum atomic E-state index is -0.194. The van der Waals surface area contributed by atoms with E-state index in [0.717, 1.165) is 23.9 Å². The Labute approximate surface area is 134 Å². The van der Waals surface area contributed by atoms with Gasteiger partial charge in [0.25, 0.3) is 5.91 Å². The van der Waals surface area contributed by atoms with E-state index in [9.17, 15) is 4.79 Å². The van der Waals surface area contributed by atoms with Gasteiger partial charge >= 0.3 is 0 Å². The van der Waals surface area contributed by atoms with E-state index in [1.54, 1.807) is 24.3 Å². The third-order valence-corrected chi connectivity index (χ3v) is 4.38. The van der Waals surface area contributed by atoms with Crippen LogP contribution in [0.4, 0.5) is 5.69 Å². The monoisotopic (exact) mass is 298 g/mol. The largest absolute Gasteiger partial charge is 0.321 e. The van der Waals surface area contributed by atoms with Crippen molar-refractivity contribution in [3.05, 3.63) is 76.9 Å². The van der Waals surface area contributed by atoms with Crippen molar-refractivity contribution in [2.45, 2.75) is 12.8 Å². The molecular weight excluding hydrogens is 284 g/mol. The molecule has 1 aliphatic carbocycles. The van der Waals surface area contributed by atoms with Crippen LogP contribution in [0.3, 0.4) is 0 Å². The zero-order valence-electron chi connectivity index (χ0n) is 12.5. The Balaban J connectivity index is 1.74. The molecule has 0 atom stereocenters. The summed E-state index contributed by atoms with van der Waals surface area (Å²) in [6.07, 6.45) is 2.13. The van der Waals surface area contributed by atoms with Gasteiger partial charge in [0.1, 0.15) is 0 Å². The minimum Gasteiger partial charge on any atom is -0.321 e. The average Bonchev–Trinajstić information content (AvgIpc) is 3.02. The van der Waals surface area contributed by atoms with Gasteiger partial charge in [0.2, 0.25) is 0 Å². The summed E-state index contributed by atoms with van der Waals surface area (Å²) in [7, 11) is 0. The maximum Gasteiger partial charge on any atom is 0.255 e. The quantitative estimate of drug-likeness (QED) is 0.775. The second kappa shape index (κ2) is 5.26. The molecule has 0 fully saturated rings. The number of hydrogen-bond donors (Lipinski definition) is 1. The van der Waals surface area contributed by atoms with Crippen LogP contribution in [-0.4, -0.2) is 5.91 Å². The van der Waals surface area contributed by atoms with Crippen molar-refractivity contribution in [1.82, 2.24) is 0 Å². The third-order valence-electron chi connectivity index (χ3n) is 4.38. The summed E-state index contributed by atoms with van der Waals surface area (Å²) in [5.74, 6) is -0.194. The predicted molar refractivity (Wildman–Crippen MR) is 90.5 cm³/mol. The Morgan fingerprint density at radius 3 is 2.61 bits per heavy atom. The molecule has 0 saturated carbocycles. The summed E-state index contributed by atoms with van der Waals surface area (Å²) in [5.41, 5.74) is 4.49. The second-order valence-electron chi connectivity index (χ2n) is 5.76. The van der Waals surface area contributed by atoms with Crippen molar-refractivity contribution in [2.24, 2.45) is 0 Å². The lowest BCUT2D eigenvalue weighted by Gasteiger charge is -2.11. The van der Waals surface area contributed by atoms with Gasteiger partial charge in [-0.25, -0.2) is 0 Å². The van der Waals surface area contributed by atoms with Gasteiger partial charge in [-0.2, -0.15) is 5.26 Å². The molecule has 0 heterocycles. The molecule has 1 aliphatic rings. The fourth-order valence-corrected chi connectivity index (χ4v) is 3.28. The van der Waals surface area contributed by atoms with Crippen LogP contribution in [0, 0.1) is 11.3 Å².